The lowest BCUT2D eigenvalue weighted by atomic mass is 10.1. The molecule has 0 unspecified atom stereocenters. The third kappa shape index (κ3) is 8.28. The number of piperidine rings is 1. The zero-order valence-electron chi connectivity index (χ0n) is 20.6. The number of hydrogen-bond acceptors (Lipinski definition) is 4. The van der Waals surface area contributed by atoms with Crippen molar-refractivity contribution in [3.05, 3.63) is 103 Å². The Balaban J connectivity index is 0.000000180. The first kappa shape index (κ1) is 25.6. The highest BCUT2D eigenvalue weighted by Crippen LogP contribution is 2.32. The molecule has 2 aliphatic rings. The molecule has 0 atom stereocenters. The molecule has 2 heterocycles. The average molecular weight is 498 g/mol. The maximum atomic E-state index is 11.9. The fourth-order valence-electron chi connectivity index (χ4n) is 3.88. The van der Waals surface area contributed by atoms with Crippen LogP contribution in [0, 0.1) is 0 Å². The molecule has 0 bridgehead atoms. The predicted molar refractivity (Wildman–Crippen MR) is 147 cm³/mol. The van der Waals surface area contributed by atoms with E-state index >= 15 is 0 Å². The van der Waals surface area contributed by atoms with Crippen molar-refractivity contribution in [3.8, 4) is 11.5 Å². The molecule has 3 aromatic carbocycles. The first-order valence-corrected chi connectivity index (χ1v) is 12.4. The molecule has 3 aromatic rings. The number of allylic oxidation sites excluding steroid dienone is 2. The molecule has 1 saturated heterocycles. The lowest BCUT2D eigenvalue weighted by Gasteiger charge is -2.25. The Morgan fingerprint density at radius 1 is 0.730 bits per heavy atom. The van der Waals surface area contributed by atoms with E-state index in [4.69, 9.17) is 9.47 Å². The first-order valence-electron chi connectivity index (χ1n) is 12.4. The molecular formula is C30H31N3O4. The Labute approximate surface area is 217 Å². The number of amides is 3. The highest BCUT2D eigenvalue weighted by Gasteiger charge is 2.13. The maximum absolute atomic E-state index is 11.9. The second kappa shape index (κ2) is 13.5. The fourth-order valence-corrected chi connectivity index (χ4v) is 3.88. The van der Waals surface area contributed by atoms with E-state index < -0.39 is 0 Å². The van der Waals surface area contributed by atoms with Crippen LogP contribution in [0.15, 0.2) is 97.1 Å². The van der Waals surface area contributed by atoms with Crippen molar-refractivity contribution in [1.29, 1.82) is 0 Å². The van der Waals surface area contributed by atoms with Crippen LogP contribution in [0.5, 0.6) is 11.5 Å². The van der Waals surface area contributed by atoms with Gasteiger partial charge in [0.05, 0.1) is 0 Å². The quantitative estimate of drug-likeness (QED) is 0.319. The van der Waals surface area contributed by atoms with Crippen molar-refractivity contribution in [3.63, 3.8) is 0 Å². The second-order valence-electron chi connectivity index (χ2n) is 8.53. The first-order chi connectivity index (χ1) is 18.2. The fraction of sp³-hybridized carbons (Fsp3) is 0.200. The number of nitrogens with zero attached hydrogens (tertiary/aromatic N) is 1. The summed E-state index contributed by atoms with van der Waals surface area (Å²) in [7, 11) is 0. The third-order valence-electron chi connectivity index (χ3n) is 5.77. The van der Waals surface area contributed by atoms with Crippen molar-refractivity contribution in [2.45, 2.75) is 19.3 Å². The van der Waals surface area contributed by atoms with Gasteiger partial charge in [-0.05, 0) is 61.2 Å². The van der Waals surface area contributed by atoms with Crippen LogP contribution in [0.3, 0.4) is 0 Å². The number of benzene rings is 3. The summed E-state index contributed by atoms with van der Waals surface area (Å²) in [6.07, 6.45) is 10.7. The smallest absolute Gasteiger partial charge is 0.323 e. The molecule has 1 fully saturated rings. The van der Waals surface area contributed by atoms with E-state index in [0.717, 1.165) is 54.4 Å². The zero-order valence-corrected chi connectivity index (χ0v) is 20.6. The second-order valence-corrected chi connectivity index (χ2v) is 8.53. The van der Waals surface area contributed by atoms with Gasteiger partial charge in [0.1, 0.15) is 0 Å². The molecule has 3 amide bonds. The zero-order chi connectivity index (χ0) is 25.7. The van der Waals surface area contributed by atoms with Gasteiger partial charge in [-0.1, -0.05) is 60.7 Å². The standard InChI is InChI=1S/C17H19NO3.C13H12N2O/c19-17(18-10-4-1-5-11-18)7-3-2-6-14-8-9-15-16(12-14)21-13-20-15;16-13(14-11-7-3-1-4-8-11)15-12-9-5-2-6-10-12/h2-3,6-9,12H,1,4-5,10-11,13H2;1-10H,(H2,14,15,16). The van der Waals surface area contributed by atoms with Crippen LogP contribution in [-0.4, -0.2) is 36.7 Å². The highest BCUT2D eigenvalue weighted by molar-refractivity contribution is 5.99. The highest BCUT2D eigenvalue weighted by atomic mass is 16.7. The Kier molecular flexibility index (Phi) is 9.36. The van der Waals surface area contributed by atoms with Gasteiger partial charge < -0.3 is 25.0 Å². The number of urea groups is 1. The minimum Gasteiger partial charge on any atom is -0.454 e. The third-order valence-corrected chi connectivity index (χ3v) is 5.77. The van der Waals surface area contributed by atoms with Gasteiger partial charge in [-0.15, -0.1) is 0 Å². The number of anilines is 2. The molecule has 7 heteroatoms. The van der Waals surface area contributed by atoms with Gasteiger partial charge in [0.15, 0.2) is 11.5 Å². The number of rotatable bonds is 5. The summed E-state index contributed by atoms with van der Waals surface area (Å²) >= 11 is 0. The van der Waals surface area contributed by atoms with E-state index in [-0.39, 0.29) is 18.7 Å². The molecule has 190 valence electrons. The van der Waals surface area contributed by atoms with Gasteiger partial charge in [-0.25, -0.2) is 4.79 Å². The number of carbonyl (C=O) groups is 2. The Bertz CT molecular complexity index is 1180. The summed E-state index contributed by atoms with van der Waals surface area (Å²) < 4.78 is 10.6. The van der Waals surface area contributed by atoms with Crippen LogP contribution in [0.25, 0.3) is 6.08 Å². The van der Waals surface area contributed by atoms with Crippen LogP contribution in [0.2, 0.25) is 0 Å². The molecule has 0 aromatic heterocycles. The summed E-state index contributed by atoms with van der Waals surface area (Å²) in [5.41, 5.74) is 2.57. The van der Waals surface area contributed by atoms with Crippen molar-refractivity contribution in [2.75, 3.05) is 30.5 Å². The molecule has 2 aliphatic heterocycles. The predicted octanol–water partition coefficient (Wildman–Crippen LogP) is 6.33. The van der Waals surface area contributed by atoms with E-state index in [0.29, 0.717) is 0 Å². The van der Waals surface area contributed by atoms with Gasteiger partial charge in [0.25, 0.3) is 0 Å². The summed E-state index contributed by atoms with van der Waals surface area (Å²) in [6.45, 7) is 2.05. The van der Waals surface area contributed by atoms with Crippen LogP contribution in [0.4, 0.5) is 16.2 Å². The Morgan fingerprint density at radius 3 is 2.00 bits per heavy atom. The maximum Gasteiger partial charge on any atom is 0.323 e. The number of hydrogen-bond donors (Lipinski definition) is 2. The number of carbonyl (C=O) groups excluding carboxylic acids is 2. The minimum absolute atomic E-state index is 0.102. The molecule has 2 N–H and O–H groups in total. The van der Waals surface area contributed by atoms with Gasteiger partial charge in [0.2, 0.25) is 12.7 Å². The molecule has 5 rings (SSSR count). The molecule has 0 saturated carbocycles. The molecule has 0 spiro atoms. The summed E-state index contributed by atoms with van der Waals surface area (Å²) in [4.78, 5) is 25.4. The largest absolute Gasteiger partial charge is 0.454 e. The van der Waals surface area contributed by atoms with Crippen molar-refractivity contribution in [2.24, 2.45) is 0 Å². The van der Waals surface area contributed by atoms with Gasteiger partial charge in [-0.2, -0.15) is 0 Å². The van der Waals surface area contributed by atoms with Crippen molar-refractivity contribution in [1.82, 2.24) is 4.90 Å². The van der Waals surface area contributed by atoms with E-state index in [9.17, 15) is 9.59 Å². The minimum atomic E-state index is -0.239. The normalized spacial score (nSPS) is 14.2. The molecule has 7 nitrogen and oxygen atoms in total. The topological polar surface area (TPSA) is 79.9 Å². The van der Waals surface area contributed by atoms with Crippen molar-refractivity contribution < 1.29 is 19.1 Å². The number of ether oxygens (including phenoxy) is 2. The molecule has 37 heavy (non-hydrogen) atoms. The van der Waals surface area contributed by atoms with Crippen LogP contribution < -0.4 is 20.1 Å². The monoisotopic (exact) mass is 497 g/mol. The number of likely N-dealkylation sites (tertiary alicyclic amines) is 1. The van der Waals surface area contributed by atoms with E-state index in [2.05, 4.69) is 10.6 Å². The van der Waals surface area contributed by atoms with Crippen LogP contribution in [0.1, 0.15) is 24.8 Å². The van der Waals surface area contributed by atoms with Gasteiger partial charge in [-0.3, -0.25) is 4.79 Å². The summed E-state index contributed by atoms with van der Waals surface area (Å²) in [5, 5.41) is 5.48. The van der Waals surface area contributed by atoms with E-state index in [1.54, 1.807) is 12.2 Å². The number of nitrogens with one attached hydrogen (secondary N) is 2. The van der Waals surface area contributed by atoms with Gasteiger partial charge >= 0.3 is 6.03 Å². The SMILES string of the molecule is O=C(C=CC=Cc1ccc2c(c1)OCO2)N1CCCCC1.O=C(Nc1ccccc1)Nc1ccccc1. The Hall–Kier alpha value is -4.52. The van der Waals surface area contributed by atoms with E-state index in [1.165, 1.54) is 6.42 Å². The van der Waals surface area contributed by atoms with Crippen molar-refractivity contribution >= 4 is 29.4 Å². The van der Waals surface area contributed by atoms with Gasteiger partial charge in [0, 0.05) is 30.5 Å². The summed E-state index contributed by atoms with van der Waals surface area (Å²) in [5.74, 6) is 1.65. The lowest BCUT2D eigenvalue weighted by molar-refractivity contribution is -0.126. The molecular weight excluding hydrogens is 466 g/mol. The number of fused-ring (bicyclic) bond motifs is 1. The van der Waals surface area contributed by atoms with E-state index in [1.807, 2.05) is 95.9 Å². The number of para-hydroxylation sites is 2. The van der Waals surface area contributed by atoms with Crippen LogP contribution >= 0.6 is 0 Å². The lowest BCUT2D eigenvalue weighted by Crippen LogP contribution is -2.34. The van der Waals surface area contributed by atoms with Crippen LogP contribution in [-0.2, 0) is 4.79 Å². The molecule has 0 radical (unpaired) electrons. The average Bonchev–Trinajstić information content (AvgIpc) is 3.41. The summed E-state index contributed by atoms with van der Waals surface area (Å²) in [6, 6.07) is 24.2. The molecule has 0 aliphatic carbocycles. The Morgan fingerprint density at radius 2 is 1.35 bits per heavy atom.